The molecular formula is C6H2Cl2F2N2O2. The van der Waals surface area contributed by atoms with E-state index in [1.54, 1.807) is 0 Å². The fourth-order valence-electron chi connectivity index (χ4n) is 0.783. The van der Waals surface area contributed by atoms with Crippen LogP contribution in [0.5, 0.6) is 0 Å². The highest BCUT2D eigenvalue weighted by atomic mass is 35.5. The molecule has 0 spiro atoms. The number of nitrogens with zero attached hydrogens (tertiary/aromatic N) is 2. The maximum atomic E-state index is 12.3. The van der Waals surface area contributed by atoms with Crippen LogP contribution in [0.2, 0.25) is 10.2 Å². The Morgan fingerprint density at radius 1 is 1.50 bits per heavy atom. The molecular weight excluding hydrogens is 241 g/mol. The van der Waals surface area contributed by atoms with Gasteiger partial charge in [-0.2, -0.15) is 0 Å². The second-order valence-electron chi connectivity index (χ2n) is 2.23. The van der Waals surface area contributed by atoms with E-state index in [0.717, 1.165) is 6.07 Å². The Hall–Kier alpha value is -1.01. The van der Waals surface area contributed by atoms with E-state index < -0.39 is 32.9 Å². The molecule has 0 radical (unpaired) electrons. The van der Waals surface area contributed by atoms with E-state index >= 15 is 0 Å². The van der Waals surface area contributed by atoms with Crippen LogP contribution in [0, 0.1) is 10.1 Å². The molecule has 1 rings (SSSR count). The van der Waals surface area contributed by atoms with E-state index in [-0.39, 0.29) is 0 Å². The van der Waals surface area contributed by atoms with Gasteiger partial charge in [-0.05, 0) is 21.5 Å². The van der Waals surface area contributed by atoms with Gasteiger partial charge in [0.1, 0.15) is 5.02 Å². The lowest BCUT2D eigenvalue weighted by atomic mass is 10.2. The van der Waals surface area contributed by atoms with E-state index in [4.69, 9.17) is 23.2 Å². The smallest absolute Gasteiger partial charge is 0.358 e. The van der Waals surface area contributed by atoms with Gasteiger partial charge in [-0.25, -0.2) is 8.78 Å². The Morgan fingerprint density at radius 3 is 2.50 bits per heavy atom. The molecule has 0 fully saturated rings. The molecule has 0 saturated carbocycles. The third kappa shape index (κ3) is 2.08. The minimum atomic E-state index is -2.93. The van der Waals surface area contributed by atoms with Gasteiger partial charge in [0.15, 0.2) is 0 Å². The molecule has 0 aliphatic rings. The predicted octanol–water partition coefficient (Wildman–Crippen LogP) is 3.23. The maximum Gasteiger partial charge on any atom is 0.384 e. The van der Waals surface area contributed by atoms with Crippen LogP contribution < -0.4 is 0 Å². The van der Waals surface area contributed by atoms with Crippen molar-refractivity contribution in [2.24, 2.45) is 0 Å². The van der Waals surface area contributed by atoms with Crippen molar-refractivity contribution in [3.05, 3.63) is 31.9 Å². The molecule has 14 heavy (non-hydrogen) atoms. The Kier molecular flexibility index (Phi) is 3.17. The fraction of sp³-hybridized carbons (Fsp3) is 0.167. The van der Waals surface area contributed by atoms with E-state index in [9.17, 15) is 18.9 Å². The number of aromatic nitrogens is 1. The number of nitro groups is 1. The molecule has 8 heteroatoms. The summed E-state index contributed by atoms with van der Waals surface area (Å²) in [5.41, 5.74) is -0.696. The highest BCUT2D eigenvalue weighted by Crippen LogP contribution is 2.34. The number of hydrogen-bond acceptors (Lipinski definition) is 3. The van der Waals surface area contributed by atoms with Crippen LogP contribution in [-0.4, -0.2) is 9.91 Å². The Labute approximate surface area is 86.6 Å². The molecule has 4 nitrogen and oxygen atoms in total. The summed E-state index contributed by atoms with van der Waals surface area (Å²) < 4.78 is 24.5. The summed E-state index contributed by atoms with van der Waals surface area (Å²) in [6.07, 6.45) is -2.93. The van der Waals surface area contributed by atoms with Gasteiger partial charge in [-0.1, -0.05) is 11.6 Å². The van der Waals surface area contributed by atoms with Crippen LogP contribution in [0.15, 0.2) is 6.07 Å². The van der Waals surface area contributed by atoms with Crippen molar-refractivity contribution in [3.63, 3.8) is 0 Å². The zero-order chi connectivity index (χ0) is 10.9. The van der Waals surface area contributed by atoms with Crippen molar-refractivity contribution < 1.29 is 13.7 Å². The first-order valence-corrected chi connectivity index (χ1v) is 3.97. The minimum Gasteiger partial charge on any atom is -0.358 e. The number of halogens is 4. The lowest BCUT2D eigenvalue weighted by molar-refractivity contribution is -0.389. The summed E-state index contributed by atoms with van der Waals surface area (Å²) in [7, 11) is 0. The van der Waals surface area contributed by atoms with Crippen molar-refractivity contribution in [1.82, 2.24) is 4.98 Å². The number of hydrogen-bond donors (Lipinski definition) is 0. The summed E-state index contributed by atoms with van der Waals surface area (Å²) in [6.45, 7) is 0. The number of alkyl halides is 2. The van der Waals surface area contributed by atoms with Crippen LogP contribution in [-0.2, 0) is 0 Å². The molecule has 76 valence electrons. The molecule has 0 aromatic carbocycles. The first-order valence-electron chi connectivity index (χ1n) is 3.22. The van der Waals surface area contributed by atoms with Gasteiger partial charge >= 0.3 is 5.82 Å². The molecule has 0 N–H and O–H groups in total. The SMILES string of the molecule is O=[N+]([O-])c1nc(Cl)cc(C(F)F)c1Cl. The van der Waals surface area contributed by atoms with Gasteiger partial charge in [-0.15, -0.1) is 0 Å². The largest absolute Gasteiger partial charge is 0.384 e. The normalized spacial score (nSPS) is 10.6. The van der Waals surface area contributed by atoms with Crippen molar-refractivity contribution in [3.8, 4) is 0 Å². The Balaban J connectivity index is 3.40. The lowest BCUT2D eigenvalue weighted by Gasteiger charge is -2.02. The summed E-state index contributed by atoms with van der Waals surface area (Å²) in [4.78, 5) is 12.5. The third-order valence-corrected chi connectivity index (χ3v) is 1.93. The third-order valence-electron chi connectivity index (χ3n) is 1.35. The maximum absolute atomic E-state index is 12.3. The number of rotatable bonds is 2. The highest BCUT2D eigenvalue weighted by molar-refractivity contribution is 6.34. The van der Waals surface area contributed by atoms with E-state index in [1.165, 1.54) is 0 Å². The minimum absolute atomic E-state index is 0.392. The molecule has 0 atom stereocenters. The highest BCUT2D eigenvalue weighted by Gasteiger charge is 2.24. The first-order chi connectivity index (χ1) is 6.43. The number of pyridine rings is 1. The Bertz CT molecular complexity index is 386. The van der Waals surface area contributed by atoms with Gasteiger partial charge in [-0.3, -0.25) is 0 Å². The molecule has 0 saturated heterocycles. The summed E-state index contributed by atoms with van der Waals surface area (Å²) in [5.74, 6) is -0.866. The average Bonchev–Trinajstić information content (AvgIpc) is 2.07. The van der Waals surface area contributed by atoms with Gasteiger partial charge in [0.05, 0.1) is 5.56 Å². The van der Waals surface area contributed by atoms with Crippen molar-refractivity contribution in [2.75, 3.05) is 0 Å². The molecule has 0 aliphatic heterocycles. The molecule has 1 heterocycles. The summed E-state index contributed by atoms with van der Waals surface area (Å²) >= 11 is 10.6. The molecule has 1 aromatic heterocycles. The van der Waals surface area contributed by atoms with Crippen molar-refractivity contribution >= 4 is 29.0 Å². The van der Waals surface area contributed by atoms with Crippen LogP contribution in [0.4, 0.5) is 14.6 Å². The van der Waals surface area contributed by atoms with Crippen LogP contribution in [0.25, 0.3) is 0 Å². The van der Waals surface area contributed by atoms with Crippen LogP contribution in [0.3, 0.4) is 0 Å². The van der Waals surface area contributed by atoms with Crippen molar-refractivity contribution in [2.45, 2.75) is 6.43 Å². The topological polar surface area (TPSA) is 56.0 Å². The Morgan fingerprint density at radius 2 is 2.07 bits per heavy atom. The van der Waals surface area contributed by atoms with Crippen LogP contribution >= 0.6 is 23.2 Å². The zero-order valence-electron chi connectivity index (χ0n) is 6.38. The monoisotopic (exact) mass is 242 g/mol. The summed E-state index contributed by atoms with van der Waals surface area (Å²) in [5, 5.41) is 9.23. The first kappa shape index (κ1) is 11.1. The molecule has 1 aromatic rings. The molecule has 0 aliphatic carbocycles. The fourth-order valence-corrected chi connectivity index (χ4v) is 1.23. The quantitative estimate of drug-likeness (QED) is 0.455. The van der Waals surface area contributed by atoms with Crippen LogP contribution in [0.1, 0.15) is 12.0 Å². The average molecular weight is 243 g/mol. The van der Waals surface area contributed by atoms with Gasteiger partial charge < -0.3 is 10.1 Å². The van der Waals surface area contributed by atoms with E-state index in [0.29, 0.717) is 0 Å². The zero-order valence-corrected chi connectivity index (χ0v) is 7.89. The lowest BCUT2D eigenvalue weighted by Crippen LogP contribution is -1.97. The predicted molar refractivity (Wildman–Crippen MR) is 45.9 cm³/mol. The molecule has 0 unspecified atom stereocenters. The molecule has 0 bridgehead atoms. The van der Waals surface area contributed by atoms with Gasteiger partial charge in [0.25, 0.3) is 6.43 Å². The summed E-state index contributed by atoms with van der Waals surface area (Å²) in [6, 6.07) is 0.793. The van der Waals surface area contributed by atoms with E-state index in [2.05, 4.69) is 4.98 Å². The molecule has 0 amide bonds. The van der Waals surface area contributed by atoms with Gasteiger partial charge in [0, 0.05) is 6.07 Å². The van der Waals surface area contributed by atoms with Gasteiger partial charge in [0.2, 0.25) is 5.15 Å². The van der Waals surface area contributed by atoms with E-state index in [1.807, 2.05) is 0 Å². The second kappa shape index (κ2) is 4.02. The van der Waals surface area contributed by atoms with Crippen molar-refractivity contribution in [1.29, 1.82) is 0 Å². The standard InChI is InChI=1S/C6H2Cl2F2N2O2/c7-3-1-2(5(9)10)4(8)6(11-3)12(13)14/h1,5H. The second-order valence-corrected chi connectivity index (χ2v) is 2.99.